The molecule has 2 aromatic rings. The molecule has 1 saturated heterocycles. The fourth-order valence-electron chi connectivity index (χ4n) is 2.12. The van der Waals surface area contributed by atoms with Gasteiger partial charge in [-0.15, -0.1) is 11.3 Å². The molecule has 1 aromatic heterocycles. The first-order chi connectivity index (χ1) is 12.9. The number of hydrazine groups is 1. The molecule has 138 valence electrons. The van der Waals surface area contributed by atoms with Gasteiger partial charge in [-0.3, -0.25) is 30.1 Å². The Labute approximate surface area is 167 Å². The number of hydrogen-bond donors (Lipinski definition) is 2. The van der Waals surface area contributed by atoms with Crippen molar-refractivity contribution < 1.29 is 18.8 Å². The van der Waals surface area contributed by atoms with Crippen molar-refractivity contribution in [3.8, 4) is 0 Å². The lowest BCUT2D eigenvalue weighted by Gasteiger charge is -2.14. The lowest BCUT2D eigenvalue weighted by Crippen LogP contribution is -2.47. The zero-order valence-electron chi connectivity index (χ0n) is 13.6. The molecule has 1 fully saturated rings. The van der Waals surface area contributed by atoms with Crippen molar-refractivity contribution in [2.24, 2.45) is 0 Å². The van der Waals surface area contributed by atoms with Gasteiger partial charge in [-0.2, -0.15) is 0 Å². The van der Waals surface area contributed by atoms with Crippen molar-refractivity contribution in [1.29, 1.82) is 0 Å². The zero-order valence-corrected chi connectivity index (χ0v) is 16.1. The summed E-state index contributed by atoms with van der Waals surface area (Å²) in [6.07, 6.45) is 1.72. The Kier molecular flexibility index (Phi) is 5.99. The second-order valence-corrected chi connectivity index (χ2v) is 7.95. The van der Waals surface area contributed by atoms with Crippen LogP contribution in [-0.4, -0.2) is 33.5 Å². The fourth-order valence-corrected chi connectivity index (χ4v) is 4.10. The number of carbonyl (C=O) groups is 3. The van der Waals surface area contributed by atoms with Crippen LogP contribution in [0.25, 0.3) is 6.08 Å². The van der Waals surface area contributed by atoms with Gasteiger partial charge in [0.2, 0.25) is 0 Å². The number of halogens is 1. The van der Waals surface area contributed by atoms with Gasteiger partial charge in [0.05, 0.1) is 4.91 Å². The van der Waals surface area contributed by atoms with Crippen molar-refractivity contribution in [1.82, 2.24) is 15.8 Å². The third kappa shape index (κ3) is 4.79. The molecule has 10 heteroatoms. The van der Waals surface area contributed by atoms with E-state index in [1.807, 2.05) is 17.5 Å². The van der Waals surface area contributed by atoms with Gasteiger partial charge >= 0.3 is 0 Å². The number of rotatable bonds is 4. The minimum Gasteiger partial charge on any atom is -0.283 e. The van der Waals surface area contributed by atoms with Gasteiger partial charge in [-0.05, 0) is 41.8 Å². The first-order valence-corrected chi connectivity index (χ1v) is 9.68. The lowest BCUT2D eigenvalue weighted by molar-refractivity contribution is -0.129. The number of amides is 3. The fraction of sp³-hybridized carbons (Fsp3) is 0.0588. The first-order valence-electron chi connectivity index (χ1n) is 7.57. The van der Waals surface area contributed by atoms with Crippen molar-refractivity contribution in [2.45, 2.75) is 0 Å². The summed E-state index contributed by atoms with van der Waals surface area (Å²) in [6.45, 7) is -0.323. The average Bonchev–Trinajstić information content (AvgIpc) is 3.24. The van der Waals surface area contributed by atoms with E-state index >= 15 is 0 Å². The van der Waals surface area contributed by atoms with Crippen LogP contribution >= 0.6 is 35.3 Å². The largest absolute Gasteiger partial charge is 0.283 e. The molecular formula is C17H12FN3O3S3. The Morgan fingerprint density at radius 1 is 1.19 bits per heavy atom. The van der Waals surface area contributed by atoms with E-state index in [9.17, 15) is 18.8 Å². The molecule has 2 N–H and O–H groups in total. The van der Waals surface area contributed by atoms with Crippen LogP contribution in [0, 0.1) is 5.82 Å². The zero-order chi connectivity index (χ0) is 19.4. The van der Waals surface area contributed by atoms with E-state index in [0.29, 0.717) is 4.91 Å². The molecule has 0 bridgehead atoms. The van der Waals surface area contributed by atoms with Crippen molar-refractivity contribution in [3.05, 3.63) is 62.9 Å². The molecule has 0 atom stereocenters. The number of nitrogens with zero attached hydrogens (tertiary/aromatic N) is 1. The number of nitrogens with one attached hydrogen (secondary N) is 2. The van der Waals surface area contributed by atoms with Crippen LogP contribution in [0.3, 0.4) is 0 Å². The van der Waals surface area contributed by atoms with Gasteiger partial charge < -0.3 is 0 Å². The summed E-state index contributed by atoms with van der Waals surface area (Å²) >= 11 is 7.76. The van der Waals surface area contributed by atoms with Gasteiger partial charge in [0, 0.05) is 10.4 Å². The molecule has 1 aliphatic rings. The SMILES string of the molecule is O=C(CN1C(=O)C(=Cc2cccs2)SC1=S)NNC(=O)c1ccc(F)cc1. The lowest BCUT2D eigenvalue weighted by atomic mass is 10.2. The molecule has 0 saturated carbocycles. The van der Waals surface area contributed by atoms with Gasteiger partial charge in [-0.1, -0.05) is 30.0 Å². The Balaban J connectivity index is 1.56. The molecule has 0 unspecified atom stereocenters. The Morgan fingerprint density at radius 3 is 2.59 bits per heavy atom. The van der Waals surface area contributed by atoms with Gasteiger partial charge in [0.25, 0.3) is 17.7 Å². The van der Waals surface area contributed by atoms with E-state index in [4.69, 9.17) is 12.2 Å². The van der Waals surface area contributed by atoms with E-state index in [1.54, 1.807) is 6.08 Å². The third-order valence-corrected chi connectivity index (χ3v) is 5.61. The van der Waals surface area contributed by atoms with E-state index in [1.165, 1.54) is 28.4 Å². The highest BCUT2D eigenvalue weighted by atomic mass is 32.2. The van der Waals surface area contributed by atoms with Crippen LogP contribution in [0.1, 0.15) is 15.2 Å². The molecule has 3 amide bonds. The summed E-state index contributed by atoms with van der Waals surface area (Å²) in [5, 5.41) is 1.89. The minimum atomic E-state index is -0.612. The van der Waals surface area contributed by atoms with Crippen LogP contribution in [0.15, 0.2) is 46.7 Å². The average molecular weight is 422 g/mol. The molecule has 0 spiro atoms. The van der Waals surface area contributed by atoms with Crippen molar-refractivity contribution >= 4 is 63.4 Å². The second kappa shape index (κ2) is 8.42. The van der Waals surface area contributed by atoms with Gasteiger partial charge in [0.1, 0.15) is 16.7 Å². The minimum absolute atomic E-state index is 0.182. The van der Waals surface area contributed by atoms with Gasteiger partial charge in [-0.25, -0.2) is 4.39 Å². The van der Waals surface area contributed by atoms with Crippen LogP contribution in [-0.2, 0) is 9.59 Å². The predicted molar refractivity (Wildman–Crippen MR) is 106 cm³/mol. The highest BCUT2D eigenvalue weighted by Crippen LogP contribution is 2.32. The van der Waals surface area contributed by atoms with E-state index in [2.05, 4.69) is 10.9 Å². The summed E-state index contributed by atoms with van der Waals surface area (Å²) in [5.74, 6) is -2.05. The van der Waals surface area contributed by atoms with E-state index in [0.717, 1.165) is 28.8 Å². The number of hydrogen-bond acceptors (Lipinski definition) is 6. The summed E-state index contributed by atoms with van der Waals surface area (Å²) in [5.41, 5.74) is 4.60. The molecule has 1 aromatic carbocycles. The second-order valence-electron chi connectivity index (χ2n) is 5.29. The summed E-state index contributed by atoms with van der Waals surface area (Å²) in [7, 11) is 0. The smallest absolute Gasteiger partial charge is 0.269 e. The number of benzene rings is 1. The molecule has 6 nitrogen and oxygen atoms in total. The molecule has 0 radical (unpaired) electrons. The topological polar surface area (TPSA) is 78.5 Å². The molecule has 2 heterocycles. The molecule has 0 aliphatic carbocycles. The van der Waals surface area contributed by atoms with Crippen LogP contribution in [0.4, 0.5) is 4.39 Å². The summed E-state index contributed by atoms with van der Waals surface area (Å²) in [6, 6.07) is 8.58. The molecular weight excluding hydrogens is 409 g/mol. The maximum absolute atomic E-state index is 12.9. The van der Waals surface area contributed by atoms with Crippen LogP contribution in [0.5, 0.6) is 0 Å². The highest BCUT2D eigenvalue weighted by molar-refractivity contribution is 8.26. The Bertz CT molecular complexity index is 927. The van der Waals surface area contributed by atoms with Crippen LogP contribution < -0.4 is 10.9 Å². The maximum Gasteiger partial charge on any atom is 0.269 e. The van der Waals surface area contributed by atoms with E-state index in [-0.39, 0.29) is 22.3 Å². The molecule has 1 aliphatic heterocycles. The Morgan fingerprint density at radius 2 is 1.93 bits per heavy atom. The first kappa shape index (κ1) is 19.2. The highest BCUT2D eigenvalue weighted by Gasteiger charge is 2.33. The molecule has 27 heavy (non-hydrogen) atoms. The monoisotopic (exact) mass is 421 g/mol. The number of thiophene rings is 1. The van der Waals surface area contributed by atoms with Gasteiger partial charge in [0.15, 0.2) is 0 Å². The summed E-state index contributed by atoms with van der Waals surface area (Å²) in [4.78, 5) is 38.9. The van der Waals surface area contributed by atoms with Crippen molar-refractivity contribution in [2.75, 3.05) is 6.54 Å². The van der Waals surface area contributed by atoms with Crippen LogP contribution in [0.2, 0.25) is 0 Å². The predicted octanol–water partition coefficient (Wildman–Crippen LogP) is 2.55. The standard InChI is InChI=1S/C17H12FN3O3S3/c18-11-5-3-10(4-6-11)15(23)20-19-14(22)9-21-16(24)13(27-17(21)25)8-12-2-1-7-26-12/h1-8H,9H2,(H,19,22)(H,20,23). The number of thioether (sulfide) groups is 1. The van der Waals surface area contributed by atoms with E-state index < -0.39 is 17.6 Å². The quantitative estimate of drug-likeness (QED) is 0.451. The third-order valence-electron chi connectivity index (χ3n) is 3.41. The number of carbonyl (C=O) groups excluding carboxylic acids is 3. The normalized spacial score (nSPS) is 15.3. The maximum atomic E-state index is 12.9. The summed E-state index contributed by atoms with van der Waals surface area (Å²) < 4.78 is 13.1. The van der Waals surface area contributed by atoms with Crippen molar-refractivity contribution in [3.63, 3.8) is 0 Å². The molecule has 3 rings (SSSR count). The number of thiocarbonyl (C=S) groups is 1. The Hall–Kier alpha value is -2.56.